The van der Waals surface area contributed by atoms with E-state index in [0.29, 0.717) is 8.92 Å². The van der Waals surface area contributed by atoms with E-state index in [1.54, 1.807) is 0 Å². The smallest absolute Gasteiger partial charge is 0.312 e. The zero-order valence-corrected chi connectivity index (χ0v) is 8.11. The third-order valence-electron chi connectivity index (χ3n) is 0.965. The number of nitrogens with zero attached hydrogens (tertiary/aromatic N) is 2. The van der Waals surface area contributed by atoms with Crippen molar-refractivity contribution in [2.45, 2.75) is 6.42 Å². The van der Waals surface area contributed by atoms with E-state index < -0.39 is 0 Å². The molecule has 4 nitrogen and oxygen atoms in total. The quantitative estimate of drug-likeness (QED) is 0.720. The van der Waals surface area contributed by atoms with E-state index in [9.17, 15) is 4.79 Å². The molecule has 0 aliphatic heterocycles. The minimum Gasteiger partial charge on any atom is -0.469 e. The van der Waals surface area contributed by atoms with Crippen LogP contribution in [-0.2, 0) is 16.0 Å². The number of ether oxygens (including phenoxy) is 1. The lowest BCUT2D eigenvalue weighted by molar-refractivity contribution is -0.139. The first kappa shape index (κ1) is 8.61. The molecule has 1 aromatic heterocycles. The second-order valence-corrected chi connectivity index (χ2v) is 4.04. The molecule has 0 radical (unpaired) electrons. The molecule has 0 aliphatic carbocycles. The van der Waals surface area contributed by atoms with Gasteiger partial charge in [0.15, 0.2) is 3.92 Å². The first-order valence-electron chi connectivity index (χ1n) is 2.77. The van der Waals surface area contributed by atoms with Gasteiger partial charge in [-0.2, -0.15) is 0 Å². The number of methoxy groups -OCH3 is 1. The number of halogens is 1. The Labute approximate surface area is 75.7 Å². The third kappa shape index (κ3) is 2.55. The van der Waals surface area contributed by atoms with Gasteiger partial charge < -0.3 is 4.74 Å². The van der Waals surface area contributed by atoms with Gasteiger partial charge in [0.25, 0.3) is 0 Å². The van der Waals surface area contributed by atoms with E-state index in [2.05, 4.69) is 30.9 Å². The van der Waals surface area contributed by atoms with Crippen LogP contribution in [0.2, 0.25) is 0 Å². The van der Waals surface area contributed by atoms with Crippen LogP contribution < -0.4 is 0 Å². The molecule has 0 aliphatic rings. The molecule has 1 rings (SSSR count). The summed E-state index contributed by atoms with van der Waals surface area (Å²) in [5, 5.41) is 8.06. The first-order valence-corrected chi connectivity index (χ1v) is 4.38. The SMILES string of the molecule is COC(=O)Cc1nnc(Br)s1. The Kier molecular flexibility index (Phi) is 2.95. The molecule has 0 atom stereocenters. The lowest BCUT2D eigenvalue weighted by Gasteiger charge is -1.91. The normalized spacial score (nSPS) is 9.64. The summed E-state index contributed by atoms with van der Waals surface area (Å²) in [4.78, 5) is 10.7. The molecule has 0 spiro atoms. The fraction of sp³-hybridized carbons (Fsp3) is 0.400. The van der Waals surface area contributed by atoms with Gasteiger partial charge in [0.1, 0.15) is 5.01 Å². The molecule has 0 aromatic carbocycles. The van der Waals surface area contributed by atoms with Gasteiger partial charge in [-0.3, -0.25) is 4.79 Å². The molecule has 0 amide bonds. The largest absolute Gasteiger partial charge is 0.469 e. The first-order chi connectivity index (χ1) is 5.22. The summed E-state index contributed by atoms with van der Waals surface area (Å²) in [6.07, 6.45) is 0.194. The Morgan fingerprint density at radius 1 is 1.73 bits per heavy atom. The van der Waals surface area contributed by atoms with Gasteiger partial charge in [-0.15, -0.1) is 10.2 Å². The lowest BCUT2D eigenvalue weighted by atomic mass is 10.5. The van der Waals surface area contributed by atoms with Crippen molar-refractivity contribution in [1.29, 1.82) is 0 Å². The molecule has 0 bridgehead atoms. The second kappa shape index (κ2) is 3.77. The van der Waals surface area contributed by atoms with E-state index in [0.717, 1.165) is 0 Å². The van der Waals surface area contributed by atoms with Crippen molar-refractivity contribution in [1.82, 2.24) is 10.2 Å². The topological polar surface area (TPSA) is 52.1 Å². The standard InChI is InChI=1S/C5H5BrN2O2S/c1-10-4(9)2-3-7-8-5(6)11-3/h2H2,1H3. The highest BCUT2D eigenvalue weighted by Crippen LogP contribution is 2.15. The number of aromatic nitrogens is 2. The fourth-order valence-corrected chi connectivity index (χ4v) is 1.69. The van der Waals surface area contributed by atoms with Crippen LogP contribution >= 0.6 is 27.3 Å². The average molecular weight is 237 g/mol. The van der Waals surface area contributed by atoms with Gasteiger partial charge in [0.05, 0.1) is 13.5 Å². The van der Waals surface area contributed by atoms with Crippen molar-refractivity contribution >= 4 is 33.2 Å². The van der Waals surface area contributed by atoms with E-state index in [1.807, 2.05) is 0 Å². The van der Waals surface area contributed by atoms with Crippen molar-refractivity contribution in [3.8, 4) is 0 Å². The predicted octanol–water partition coefficient (Wildman–Crippen LogP) is 1.02. The molecule has 0 saturated heterocycles. The Balaban J connectivity index is 2.57. The van der Waals surface area contributed by atoms with Crippen molar-refractivity contribution < 1.29 is 9.53 Å². The summed E-state index contributed by atoms with van der Waals surface area (Å²) in [6, 6.07) is 0. The molecule has 1 heterocycles. The van der Waals surface area contributed by atoms with Gasteiger partial charge in [0, 0.05) is 0 Å². The summed E-state index contributed by atoms with van der Waals surface area (Å²) in [6.45, 7) is 0. The lowest BCUT2D eigenvalue weighted by Crippen LogP contribution is -2.03. The van der Waals surface area contributed by atoms with E-state index >= 15 is 0 Å². The Morgan fingerprint density at radius 2 is 2.45 bits per heavy atom. The van der Waals surface area contributed by atoms with Crippen LogP contribution in [-0.4, -0.2) is 23.3 Å². The maximum atomic E-state index is 10.7. The third-order valence-corrected chi connectivity index (χ3v) is 2.32. The van der Waals surface area contributed by atoms with Crippen LogP contribution in [0.3, 0.4) is 0 Å². The minimum absolute atomic E-state index is 0.194. The Bertz CT molecular complexity index is 263. The van der Waals surface area contributed by atoms with Crippen molar-refractivity contribution in [3.63, 3.8) is 0 Å². The van der Waals surface area contributed by atoms with Crippen LogP contribution in [0, 0.1) is 0 Å². The van der Waals surface area contributed by atoms with Crippen molar-refractivity contribution in [2.24, 2.45) is 0 Å². The van der Waals surface area contributed by atoms with Crippen LogP contribution in [0.4, 0.5) is 0 Å². The highest BCUT2D eigenvalue weighted by atomic mass is 79.9. The number of rotatable bonds is 2. The Morgan fingerprint density at radius 3 is 2.91 bits per heavy atom. The summed E-state index contributed by atoms with van der Waals surface area (Å²) in [7, 11) is 1.35. The highest BCUT2D eigenvalue weighted by Gasteiger charge is 2.07. The highest BCUT2D eigenvalue weighted by molar-refractivity contribution is 9.11. The molecular formula is C5H5BrN2O2S. The number of esters is 1. The van der Waals surface area contributed by atoms with Crippen LogP contribution in [0.25, 0.3) is 0 Å². The molecule has 0 unspecified atom stereocenters. The van der Waals surface area contributed by atoms with Crippen LogP contribution in [0.5, 0.6) is 0 Å². The van der Waals surface area contributed by atoms with Gasteiger partial charge in [-0.05, 0) is 15.9 Å². The molecule has 11 heavy (non-hydrogen) atoms. The van der Waals surface area contributed by atoms with Gasteiger partial charge in [0.2, 0.25) is 0 Å². The monoisotopic (exact) mass is 236 g/mol. The van der Waals surface area contributed by atoms with Crippen LogP contribution in [0.15, 0.2) is 3.92 Å². The summed E-state index contributed by atoms with van der Waals surface area (Å²) < 4.78 is 5.13. The predicted molar refractivity (Wildman–Crippen MR) is 43.3 cm³/mol. The van der Waals surface area contributed by atoms with Gasteiger partial charge in [-0.1, -0.05) is 11.3 Å². The fourth-order valence-electron chi connectivity index (χ4n) is 0.500. The van der Waals surface area contributed by atoms with E-state index in [1.165, 1.54) is 18.4 Å². The summed E-state index contributed by atoms with van der Waals surface area (Å²) >= 11 is 4.46. The zero-order valence-electron chi connectivity index (χ0n) is 5.70. The summed E-state index contributed by atoms with van der Waals surface area (Å²) in [5.74, 6) is -0.298. The Hall–Kier alpha value is -0.490. The van der Waals surface area contributed by atoms with Crippen molar-refractivity contribution in [2.75, 3.05) is 7.11 Å². The second-order valence-electron chi connectivity index (χ2n) is 1.70. The maximum Gasteiger partial charge on any atom is 0.312 e. The van der Waals surface area contributed by atoms with E-state index in [-0.39, 0.29) is 12.4 Å². The van der Waals surface area contributed by atoms with E-state index in [4.69, 9.17) is 0 Å². The van der Waals surface area contributed by atoms with Crippen molar-refractivity contribution in [3.05, 3.63) is 8.92 Å². The zero-order chi connectivity index (χ0) is 8.27. The number of hydrogen-bond donors (Lipinski definition) is 0. The average Bonchev–Trinajstić information content (AvgIpc) is 2.35. The van der Waals surface area contributed by atoms with Gasteiger partial charge >= 0.3 is 5.97 Å². The van der Waals surface area contributed by atoms with Crippen LogP contribution in [0.1, 0.15) is 5.01 Å². The summed E-state index contributed by atoms with van der Waals surface area (Å²) in [5.41, 5.74) is 0. The molecular weight excluding hydrogens is 232 g/mol. The number of carbonyl (C=O) groups is 1. The maximum absolute atomic E-state index is 10.7. The number of hydrogen-bond acceptors (Lipinski definition) is 5. The molecule has 6 heteroatoms. The molecule has 0 N–H and O–H groups in total. The molecule has 60 valence electrons. The number of carbonyl (C=O) groups excluding carboxylic acids is 1. The molecule has 0 saturated carbocycles. The minimum atomic E-state index is -0.298. The molecule has 1 aromatic rings. The van der Waals surface area contributed by atoms with Gasteiger partial charge in [-0.25, -0.2) is 0 Å². The molecule has 0 fully saturated rings.